The number of aromatic nitrogens is 2. The van der Waals surface area contributed by atoms with Gasteiger partial charge in [-0.25, -0.2) is 18.7 Å². The summed E-state index contributed by atoms with van der Waals surface area (Å²) in [5.74, 6) is 0.00407. The van der Waals surface area contributed by atoms with Crippen LogP contribution >= 0.6 is 0 Å². The van der Waals surface area contributed by atoms with Gasteiger partial charge in [0.1, 0.15) is 17.5 Å². The molecule has 1 N–H and O–H groups in total. The molecule has 1 aromatic carbocycles. The molecule has 3 rings (SSSR count). The third-order valence-electron chi connectivity index (χ3n) is 3.22. The second-order valence-corrected chi connectivity index (χ2v) is 4.73. The average molecular weight is 261 g/mol. The van der Waals surface area contributed by atoms with Crippen LogP contribution in [0.2, 0.25) is 0 Å². The van der Waals surface area contributed by atoms with E-state index in [1.807, 2.05) is 6.92 Å². The van der Waals surface area contributed by atoms with Gasteiger partial charge in [0, 0.05) is 30.3 Å². The summed E-state index contributed by atoms with van der Waals surface area (Å²) in [7, 11) is 0. The molecule has 0 spiro atoms. The van der Waals surface area contributed by atoms with Crippen molar-refractivity contribution in [3.8, 4) is 11.3 Å². The highest BCUT2D eigenvalue weighted by molar-refractivity contribution is 5.60. The highest BCUT2D eigenvalue weighted by Crippen LogP contribution is 2.25. The van der Waals surface area contributed by atoms with E-state index in [0.29, 0.717) is 11.5 Å². The molecule has 0 aliphatic carbocycles. The minimum atomic E-state index is -0.475. The molecule has 1 aliphatic heterocycles. The molecule has 19 heavy (non-hydrogen) atoms. The van der Waals surface area contributed by atoms with Crippen molar-refractivity contribution in [2.45, 2.75) is 12.8 Å². The lowest BCUT2D eigenvalue weighted by atomic mass is 10.0. The predicted molar refractivity (Wildman–Crippen MR) is 67.7 cm³/mol. The quantitative estimate of drug-likeness (QED) is 0.902. The van der Waals surface area contributed by atoms with Crippen LogP contribution in [0.15, 0.2) is 24.3 Å². The van der Waals surface area contributed by atoms with Gasteiger partial charge in [0.25, 0.3) is 0 Å². The van der Waals surface area contributed by atoms with Gasteiger partial charge in [-0.15, -0.1) is 0 Å². The van der Waals surface area contributed by atoms with E-state index in [4.69, 9.17) is 0 Å². The third kappa shape index (κ3) is 2.33. The minimum absolute atomic E-state index is 0.180. The molecule has 2 aromatic rings. The average Bonchev–Trinajstić information content (AvgIpc) is 2.29. The number of hydrogen-bond donors (Lipinski definition) is 1. The monoisotopic (exact) mass is 261 g/mol. The zero-order chi connectivity index (χ0) is 13.4. The van der Waals surface area contributed by atoms with E-state index >= 15 is 0 Å². The van der Waals surface area contributed by atoms with E-state index < -0.39 is 11.6 Å². The molecule has 2 heterocycles. The van der Waals surface area contributed by atoms with Gasteiger partial charge in [-0.05, 0) is 31.2 Å². The van der Waals surface area contributed by atoms with Crippen LogP contribution in [0.5, 0.6) is 0 Å². The Balaban J connectivity index is 2.08. The number of rotatable bonds is 2. The van der Waals surface area contributed by atoms with Crippen LogP contribution < -0.4 is 5.32 Å². The van der Waals surface area contributed by atoms with Crippen LogP contribution in [0.25, 0.3) is 11.3 Å². The molecule has 0 unspecified atom stereocenters. The lowest BCUT2D eigenvalue weighted by molar-refractivity contribution is 0.429. The molecule has 5 heteroatoms. The van der Waals surface area contributed by atoms with Crippen molar-refractivity contribution >= 4 is 0 Å². The smallest absolute Gasteiger partial charge is 0.134 e. The maximum atomic E-state index is 13.8. The molecule has 1 aliphatic rings. The maximum Gasteiger partial charge on any atom is 0.134 e. The van der Waals surface area contributed by atoms with Crippen LogP contribution in [0, 0.1) is 18.6 Å². The van der Waals surface area contributed by atoms with Crippen LogP contribution in [0.4, 0.5) is 8.78 Å². The van der Waals surface area contributed by atoms with Crippen molar-refractivity contribution in [1.29, 1.82) is 0 Å². The molecule has 0 saturated carbocycles. The fourth-order valence-electron chi connectivity index (χ4n) is 2.08. The van der Waals surface area contributed by atoms with Crippen LogP contribution in [-0.2, 0) is 0 Å². The molecule has 1 saturated heterocycles. The van der Waals surface area contributed by atoms with Gasteiger partial charge in [0.2, 0.25) is 0 Å². The van der Waals surface area contributed by atoms with Crippen LogP contribution in [0.1, 0.15) is 17.4 Å². The molecule has 0 amide bonds. The summed E-state index contributed by atoms with van der Waals surface area (Å²) in [4.78, 5) is 8.74. The van der Waals surface area contributed by atoms with Gasteiger partial charge in [0.05, 0.1) is 5.69 Å². The van der Waals surface area contributed by atoms with E-state index in [-0.39, 0.29) is 11.5 Å². The van der Waals surface area contributed by atoms with Gasteiger partial charge < -0.3 is 5.32 Å². The third-order valence-corrected chi connectivity index (χ3v) is 3.22. The summed E-state index contributed by atoms with van der Waals surface area (Å²) in [5.41, 5.74) is 1.38. The van der Waals surface area contributed by atoms with E-state index in [0.717, 1.165) is 30.9 Å². The van der Waals surface area contributed by atoms with Crippen LogP contribution in [-0.4, -0.2) is 23.1 Å². The van der Waals surface area contributed by atoms with Crippen molar-refractivity contribution in [3.05, 3.63) is 47.4 Å². The molecule has 0 atom stereocenters. The minimum Gasteiger partial charge on any atom is -0.315 e. The zero-order valence-corrected chi connectivity index (χ0v) is 10.5. The summed E-state index contributed by atoms with van der Waals surface area (Å²) in [5, 5.41) is 3.14. The SMILES string of the molecule is Cc1cc(-c2cc(F)ccc2F)nc(C2CNC2)n1. The Hall–Kier alpha value is -1.88. The normalized spacial score (nSPS) is 15.3. The summed E-state index contributed by atoms with van der Waals surface area (Å²) in [6, 6.07) is 5.06. The Kier molecular flexibility index (Phi) is 2.98. The van der Waals surface area contributed by atoms with Gasteiger partial charge >= 0.3 is 0 Å². The van der Waals surface area contributed by atoms with Gasteiger partial charge in [0.15, 0.2) is 0 Å². The molecule has 1 fully saturated rings. The predicted octanol–water partition coefficient (Wildman–Crippen LogP) is 2.42. The standard InChI is InChI=1S/C14H13F2N3/c1-8-4-13(11-5-10(15)2-3-12(11)16)19-14(18-8)9-6-17-7-9/h2-5,9,17H,6-7H2,1H3. The lowest BCUT2D eigenvalue weighted by Gasteiger charge is -2.26. The van der Waals surface area contributed by atoms with Crippen molar-refractivity contribution in [1.82, 2.24) is 15.3 Å². The molecule has 0 bridgehead atoms. The first-order chi connectivity index (χ1) is 9.13. The number of aryl methyl sites for hydroxylation is 1. The lowest BCUT2D eigenvalue weighted by Crippen LogP contribution is -2.41. The number of nitrogens with zero attached hydrogens (tertiary/aromatic N) is 2. The second kappa shape index (κ2) is 4.66. The van der Waals surface area contributed by atoms with E-state index in [9.17, 15) is 8.78 Å². The summed E-state index contributed by atoms with van der Waals surface area (Å²) in [6.07, 6.45) is 0. The highest BCUT2D eigenvalue weighted by atomic mass is 19.1. The van der Waals surface area contributed by atoms with Crippen molar-refractivity contribution in [2.24, 2.45) is 0 Å². The number of benzene rings is 1. The first kappa shape index (κ1) is 12.2. The molecular weight excluding hydrogens is 248 g/mol. The highest BCUT2D eigenvalue weighted by Gasteiger charge is 2.23. The van der Waals surface area contributed by atoms with Gasteiger partial charge in [-0.2, -0.15) is 0 Å². The van der Waals surface area contributed by atoms with Gasteiger partial charge in [-0.1, -0.05) is 0 Å². The number of halogens is 2. The summed E-state index contributed by atoms with van der Waals surface area (Å²) in [6.45, 7) is 3.49. The molecule has 0 radical (unpaired) electrons. The van der Waals surface area contributed by atoms with E-state index in [1.165, 1.54) is 6.07 Å². The Morgan fingerprint density at radius 3 is 2.63 bits per heavy atom. The Labute approximate surface area is 109 Å². The Morgan fingerprint density at radius 2 is 1.95 bits per heavy atom. The van der Waals surface area contributed by atoms with Crippen molar-refractivity contribution in [2.75, 3.05) is 13.1 Å². The molecular formula is C14H13F2N3. The number of nitrogens with one attached hydrogen (secondary N) is 1. The molecule has 3 nitrogen and oxygen atoms in total. The van der Waals surface area contributed by atoms with E-state index in [1.54, 1.807) is 6.07 Å². The van der Waals surface area contributed by atoms with Crippen molar-refractivity contribution < 1.29 is 8.78 Å². The van der Waals surface area contributed by atoms with Gasteiger partial charge in [-0.3, -0.25) is 0 Å². The maximum absolute atomic E-state index is 13.8. The Morgan fingerprint density at radius 1 is 1.16 bits per heavy atom. The summed E-state index contributed by atoms with van der Waals surface area (Å²) >= 11 is 0. The number of hydrogen-bond acceptors (Lipinski definition) is 3. The molecule has 1 aromatic heterocycles. The second-order valence-electron chi connectivity index (χ2n) is 4.73. The van der Waals surface area contributed by atoms with Crippen LogP contribution in [0.3, 0.4) is 0 Å². The largest absolute Gasteiger partial charge is 0.315 e. The zero-order valence-electron chi connectivity index (χ0n) is 10.5. The first-order valence-corrected chi connectivity index (χ1v) is 6.15. The first-order valence-electron chi connectivity index (χ1n) is 6.15. The van der Waals surface area contributed by atoms with E-state index in [2.05, 4.69) is 15.3 Å². The summed E-state index contributed by atoms with van der Waals surface area (Å²) < 4.78 is 27.0. The fraction of sp³-hybridized carbons (Fsp3) is 0.286. The van der Waals surface area contributed by atoms with Crippen molar-refractivity contribution in [3.63, 3.8) is 0 Å². The Bertz CT molecular complexity index is 624. The fourth-order valence-corrected chi connectivity index (χ4v) is 2.08. The molecule has 98 valence electrons. The topological polar surface area (TPSA) is 37.8 Å².